The Balaban J connectivity index is 0.000000450. The molecule has 2 aromatic carbocycles. The van der Waals surface area contributed by atoms with E-state index in [-0.39, 0.29) is 0 Å². The summed E-state index contributed by atoms with van der Waals surface area (Å²) in [5.41, 5.74) is 2.52. The number of carboxylic acid groups (broad SMARTS) is 2. The fourth-order valence-corrected chi connectivity index (χ4v) is 2.12. The Hall–Kier alpha value is -2.57. The lowest BCUT2D eigenvalue weighted by molar-refractivity contribution is -0.159. The third-order valence-electron chi connectivity index (χ3n) is 3.15. The summed E-state index contributed by atoms with van der Waals surface area (Å²) in [4.78, 5) is 18.2. The normalized spacial score (nSPS) is 9.68. The van der Waals surface area contributed by atoms with Gasteiger partial charge in [-0.3, -0.25) is 0 Å². The van der Waals surface area contributed by atoms with Crippen LogP contribution in [0.5, 0.6) is 5.75 Å². The highest BCUT2D eigenvalue weighted by Crippen LogP contribution is 2.12. The summed E-state index contributed by atoms with van der Waals surface area (Å²) in [6, 6.07) is 16.1. The van der Waals surface area contributed by atoms with Crippen molar-refractivity contribution in [3.05, 3.63) is 64.7 Å². The van der Waals surface area contributed by atoms with Crippen LogP contribution in [0.15, 0.2) is 48.5 Å². The number of hydrogen-bond acceptors (Lipinski definition) is 4. The zero-order chi connectivity index (χ0) is 18.7. The quantitative estimate of drug-likeness (QED) is 0.538. The van der Waals surface area contributed by atoms with Gasteiger partial charge in [-0.25, -0.2) is 9.59 Å². The van der Waals surface area contributed by atoms with E-state index in [9.17, 15) is 0 Å². The molecule has 0 atom stereocenters. The maximum atomic E-state index is 9.10. The number of aliphatic carboxylic acids is 2. The lowest BCUT2D eigenvalue weighted by Crippen LogP contribution is -2.16. The highest BCUT2D eigenvalue weighted by atomic mass is 35.5. The Morgan fingerprint density at radius 3 is 2.20 bits per heavy atom. The highest BCUT2D eigenvalue weighted by molar-refractivity contribution is 6.30. The average molecular weight is 366 g/mol. The standard InChI is InChI=1S/C16H18ClNO.C2H2O4/c1-19-16-7-5-13(6-8-16)9-10-18-12-14-3-2-4-15(17)11-14;3-1(4)2(5)6/h2-8,11,18H,9-10,12H2,1H3;(H,3,4)(H,5,6). The molecule has 0 fully saturated rings. The Morgan fingerprint density at radius 2 is 1.68 bits per heavy atom. The van der Waals surface area contributed by atoms with Gasteiger partial charge in [0.1, 0.15) is 5.75 Å². The molecule has 3 N–H and O–H groups in total. The molecule has 0 radical (unpaired) electrons. The van der Waals surface area contributed by atoms with Gasteiger partial charge in [-0.1, -0.05) is 35.9 Å². The summed E-state index contributed by atoms with van der Waals surface area (Å²) in [6.45, 7) is 1.79. The maximum Gasteiger partial charge on any atom is 0.414 e. The van der Waals surface area contributed by atoms with E-state index in [1.54, 1.807) is 7.11 Å². The van der Waals surface area contributed by atoms with Gasteiger partial charge in [-0.15, -0.1) is 0 Å². The van der Waals surface area contributed by atoms with E-state index in [2.05, 4.69) is 23.5 Å². The molecular formula is C18H20ClNO5. The van der Waals surface area contributed by atoms with Crippen molar-refractivity contribution in [3.8, 4) is 5.75 Å². The lowest BCUT2D eigenvalue weighted by Gasteiger charge is -2.06. The monoisotopic (exact) mass is 365 g/mol. The molecule has 0 unspecified atom stereocenters. The summed E-state index contributed by atoms with van der Waals surface area (Å²) >= 11 is 5.94. The Labute approximate surface area is 151 Å². The van der Waals surface area contributed by atoms with Gasteiger partial charge < -0.3 is 20.3 Å². The molecule has 7 heteroatoms. The molecule has 0 aromatic heterocycles. The first-order chi connectivity index (χ1) is 11.9. The molecule has 0 aliphatic rings. The predicted octanol–water partition coefficient (Wildman–Crippen LogP) is 2.84. The first-order valence-electron chi connectivity index (χ1n) is 7.46. The van der Waals surface area contributed by atoms with E-state index >= 15 is 0 Å². The smallest absolute Gasteiger partial charge is 0.414 e. The van der Waals surface area contributed by atoms with Gasteiger partial charge in [0.25, 0.3) is 0 Å². The number of ether oxygens (including phenoxy) is 1. The number of benzene rings is 2. The van der Waals surface area contributed by atoms with E-state index in [1.165, 1.54) is 11.1 Å². The zero-order valence-electron chi connectivity index (χ0n) is 13.7. The summed E-state index contributed by atoms with van der Waals surface area (Å²) < 4.78 is 5.14. The molecule has 0 amide bonds. The predicted molar refractivity (Wildman–Crippen MR) is 95.1 cm³/mol. The van der Waals surface area contributed by atoms with Crippen molar-refractivity contribution in [2.45, 2.75) is 13.0 Å². The fraction of sp³-hybridized carbons (Fsp3) is 0.222. The van der Waals surface area contributed by atoms with E-state index in [0.29, 0.717) is 0 Å². The van der Waals surface area contributed by atoms with Gasteiger partial charge >= 0.3 is 11.9 Å². The van der Waals surface area contributed by atoms with Gasteiger partial charge in [0.15, 0.2) is 0 Å². The number of rotatable bonds is 6. The van der Waals surface area contributed by atoms with Crippen LogP contribution in [0.4, 0.5) is 0 Å². The lowest BCUT2D eigenvalue weighted by atomic mass is 10.1. The van der Waals surface area contributed by atoms with Crippen LogP contribution in [0.3, 0.4) is 0 Å². The van der Waals surface area contributed by atoms with Crippen LogP contribution in [0.2, 0.25) is 5.02 Å². The number of hydrogen-bond donors (Lipinski definition) is 3. The molecule has 0 saturated heterocycles. The topological polar surface area (TPSA) is 95.9 Å². The van der Waals surface area contributed by atoms with Crippen LogP contribution in [0, 0.1) is 0 Å². The fourth-order valence-electron chi connectivity index (χ4n) is 1.90. The molecule has 0 heterocycles. The van der Waals surface area contributed by atoms with Crippen molar-refractivity contribution < 1.29 is 24.5 Å². The van der Waals surface area contributed by atoms with Crippen molar-refractivity contribution in [1.29, 1.82) is 0 Å². The van der Waals surface area contributed by atoms with Crippen LogP contribution < -0.4 is 10.1 Å². The second-order valence-corrected chi connectivity index (χ2v) is 5.45. The minimum atomic E-state index is -1.82. The minimum Gasteiger partial charge on any atom is -0.497 e. The van der Waals surface area contributed by atoms with E-state index in [1.807, 2.05) is 30.3 Å². The minimum absolute atomic E-state index is 0.787. The SMILES string of the molecule is COc1ccc(CCNCc2cccc(Cl)c2)cc1.O=C(O)C(=O)O. The highest BCUT2D eigenvalue weighted by Gasteiger charge is 2.04. The average Bonchev–Trinajstić information content (AvgIpc) is 2.60. The van der Waals surface area contributed by atoms with Crippen LogP contribution in [0.25, 0.3) is 0 Å². The molecule has 2 rings (SSSR count). The van der Waals surface area contributed by atoms with Crippen molar-refractivity contribution >= 4 is 23.5 Å². The largest absolute Gasteiger partial charge is 0.497 e. The van der Waals surface area contributed by atoms with Crippen molar-refractivity contribution in [1.82, 2.24) is 5.32 Å². The van der Waals surface area contributed by atoms with Crippen molar-refractivity contribution in [2.75, 3.05) is 13.7 Å². The second kappa shape index (κ2) is 11.1. The molecule has 0 saturated carbocycles. The van der Waals surface area contributed by atoms with Gasteiger partial charge in [0.2, 0.25) is 0 Å². The summed E-state index contributed by atoms with van der Waals surface area (Å²) in [5, 5.41) is 19.0. The number of carbonyl (C=O) groups is 2. The van der Waals surface area contributed by atoms with Gasteiger partial charge in [0, 0.05) is 11.6 Å². The van der Waals surface area contributed by atoms with Crippen molar-refractivity contribution in [3.63, 3.8) is 0 Å². The van der Waals surface area contributed by atoms with E-state index in [0.717, 1.165) is 30.3 Å². The van der Waals surface area contributed by atoms with E-state index < -0.39 is 11.9 Å². The number of halogens is 1. The van der Waals surface area contributed by atoms with Crippen LogP contribution in [-0.2, 0) is 22.6 Å². The Bertz CT molecular complexity index is 676. The zero-order valence-corrected chi connectivity index (χ0v) is 14.5. The molecule has 0 aliphatic carbocycles. The number of methoxy groups -OCH3 is 1. The first kappa shape index (κ1) is 20.5. The molecule has 25 heavy (non-hydrogen) atoms. The Kier molecular flexibility index (Phi) is 9.06. The van der Waals surface area contributed by atoms with Crippen molar-refractivity contribution in [2.24, 2.45) is 0 Å². The molecule has 2 aromatic rings. The molecule has 0 aliphatic heterocycles. The summed E-state index contributed by atoms with van der Waals surface area (Å²) in [6.07, 6.45) is 1.00. The second-order valence-electron chi connectivity index (χ2n) is 5.02. The number of nitrogens with one attached hydrogen (secondary N) is 1. The van der Waals surface area contributed by atoms with Gasteiger partial charge in [-0.2, -0.15) is 0 Å². The molecule has 6 nitrogen and oxygen atoms in total. The van der Waals surface area contributed by atoms with Crippen LogP contribution in [-0.4, -0.2) is 35.8 Å². The molecular weight excluding hydrogens is 346 g/mol. The molecule has 134 valence electrons. The molecule has 0 spiro atoms. The maximum absolute atomic E-state index is 9.10. The summed E-state index contributed by atoms with van der Waals surface area (Å²) in [5.74, 6) is -2.75. The summed E-state index contributed by atoms with van der Waals surface area (Å²) in [7, 11) is 1.68. The first-order valence-corrected chi connectivity index (χ1v) is 7.84. The third-order valence-corrected chi connectivity index (χ3v) is 3.39. The van der Waals surface area contributed by atoms with Gasteiger partial charge in [-0.05, 0) is 48.4 Å². The third kappa shape index (κ3) is 8.74. The number of carboxylic acids is 2. The van der Waals surface area contributed by atoms with Crippen LogP contribution in [0.1, 0.15) is 11.1 Å². The van der Waals surface area contributed by atoms with Crippen LogP contribution >= 0.6 is 11.6 Å². The Morgan fingerprint density at radius 1 is 1.04 bits per heavy atom. The van der Waals surface area contributed by atoms with Gasteiger partial charge in [0.05, 0.1) is 7.11 Å². The molecule has 0 bridgehead atoms. The van der Waals surface area contributed by atoms with E-state index in [4.69, 9.17) is 36.1 Å².